The molecule has 2 fully saturated rings. The van der Waals surface area contributed by atoms with E-state index >= 15 is 0 Å². The lowest BCUT2D eigenvalue weighted by Crippen LogP contribution is -2.44. The molecule has 1 saturated heterocycles. The van der Waals surface area contributed by atoms with E-state index in [0.29, 0.717) is 5.92 Å². The molecule has 0 spiro atoms. The molecule has 1 aliphatic heterocycles. The first-order valence-electron chi connectivity index (χ1n) is 8.02. The van der Waals surface area contributed by atoms with Crippen molar-refractivity contribution in [1.82, 2.24) is 0 Å². The van der Waals surface area contributed by atoms with Gasteiger partial charge < -0.3 is 9.47 Å². The molecule has 0 unspecified atom stereocenters. The standard InChI is InChI=1S/C18H26O2/c1-18(2)19-13-16(14-9-5-3-6-10-14)17(20-18)15-11-7-4-8-12-15/h4,7-8,11-12,14,16-17H,3,5-6,9-10,13H2,1-2H3/t16-,17-/m0/s1. The first-order chi connectivity index (χ1) is 9.66. The lowest BCUT2D eigenvalue weighted by Gasteiger charge is -2.45. The van der Waals surface area contributed by atoms with Gasteiger partial charge in [0.15, 0.2) is 5.79 Å². The largest absolute Gasteiger partial charge is 0.350 e. The average Bonchev–Trinajstić information content (AvgIpc) is 2.48. The van der Waals surface area contributed by atoms with Crippen LogP contribution in [0.3, 0.4) is 0 Å². The van der Waals surface area contributed by atoms with Gasteiger partial charge in [0.1, 0.15) is 0 Å². The molecule has 0 radical (unpaired) electrons. The van der Waals surface area contributed by atoms with E-state index < -0.39 is 5.79 Å². The fourth-order valence-electron chi connectivity index (χ4n) is 3.72. The Balaban J connectivity index is 1.83. The maximum atomic E-state index is 6.30. The normalized spacial score (nSPS) is 31.1. The fraction of sp³-hybridized carbons (Fsp3) is 0.667. The quantitative estimate of drug-likeness (QED) is 0.777. The molecule has 2 aliphatic rings. The van der Waals surface area contributed by atoms with Crippen LogP contribution in [0, 0.1) is 11.8 Å². The number of hydrogen-bond acceptors (Lipinski definition) is 2. The van der Waals surface area contributed by atoms with Crippen LogP contribution in [0.1, 0.15) is 57.6 Å². The van der Waals surface area contributed by atoms with E-state index in [1.807, 2.05) is 13.8 Å². The average molecular weight is 274 g/mol. The molecule has 2 heteroatoms. The Morgan fingerprint density at radius 3 is 2.40 bits per heavy atom. The lowest BCUT2D eigenvalue weighted by molar-refractivity contribution is -0.303. The smallest absolute Gasteiger partial charge is 0.163 e. The third kappa shape index (κ3) is 3.07. The Morgan fingerprint density at radius 2 is 1.70 bits per heavy atom. The Hall–Kier alpha value is -0.860. The summed E-state index contributed by atoms with van der Waals surface area (Å²) in [6.07, 6.45) is 6.98. The molecule has 2 nitrogen and oxygen atoms in total. The molecule has 0 N–H and O–H groups in total. The Morgan fingerprint density at radius 1 is 1.00 bits per heavy atom. The number of benzene rings is 1. The van der Waals surface area contributed by atoms with Crippen LogP contribution in [0.4, 0.5) is 0 Å². The van der Waals surface area contributed by atoms with E-state index in [0.717, 1.165) is 12.5 Å². The molecule has 1 saturated carbocycles. The van der Waals surface area contributed by atoms with Gasteiger partial charge in [0.2, 0.25) is 0 Å². The van der Waals surface area contributed by atoms with Gasteiger partial charge in [-0.25, -0.2) is 0 Å². The van der Waals surface area contributed by atoms with Crippen molar-refractivity contribution in [3.05, 3.63) is 35.9 Å². The Kier molecular flexibility index (Phi) is 4.13. The van der Waals surface area contributed by atoms with Crippen molar-refractivity contribution in [2.45, 2.75) is 57.8 Å². The van der Waals surface area contributed by atoms with Crippen molar-refractivity contribution in [2.24, 2.45) is 11.8 Å². The molecule has 1 aliphatic carbocycles. The van der Waals surface area contributed by atoms with Crippen LogP contribution in [0.5, 0.6) is 0 Å². The van der Waals surface area contributed by atoms with Gasteiger partial charge in [-0.2, -0.15) is 0 Å². The highest BCUT2D eigenvalue weighted by atomic mass is 16.7. The molecule has 0 bridgehead atoms. The van der Waals surface area contributed by atoms with Crippen molar-refractivity contribution in [3.63, 3.8) is 0 Å². The van der Waals surface area contributed by atoms with Crippen molar-refractivity contribution in [1.29, 1.82) is 0 Å². The van der Waals surface area contributed by atoms with Gasteiger partial charge in [-0.15, -0.1) is 0 Å². The van der Waals surface area contributed by atoms with E-state index in [1.54, 1.807) is 0 Å². The monoisotopic (exact) mass is 274 g/mol. The second-order valence-corrected chi connectivity index (χ2v) is 6.72. The molecule has 2 atom stereocenters. The van der Waals surface area contributed by atoms with Crippen molar-refractivity contribution < 1.29 is 9.47 Å². The SMILES string of the molecule is CC1(C)OC[C@@H](C2CCCCC2)[C@H](c2ccccc2)O1. The molecule has 0 amide bonds. The van der Waals surface area contributed by atoms with Crippen molar-refractivity contribution in [3.8, 4) is 0 Å². The zero-order valence-electron chi connectivity index (χ0n) is 12.7. The summed E-state index contributed by atoms with van der Waals surface area (Å²) in [6.45, 7) is 4.89. The highest BCUT2D eigenvalue weighted by Gasteiger charge is 2.41. The zero-order valence-corrected chi connectivity index (χ0v) is 12.7. The van der Waals surface area contributed by atoms with Gasteiger partial charge in [-0.3, -0.25) is 0 Å². The van der Waals surface area contributed by atoms with E-state index in [2.05, 4.69) is 30.3 Å². The highest BCUT2D eigenvalue weighted by Crippen LogP contribution is 2.44. The first-order valence-corrected chi connectivity index (χ1v) is 8.02. The van der Waals surface area contributed by atoms with E-state index in [-0.39, 0.29) is 6.10 Å². The summed E-state index contributed by atoms with van der Waals surface area (Å²) in [7, 11) is 0. The third-order valence-corrected chi connectivity index (χ3v) is 4.81. The molecule has 0 aromatic heterocycles. The van der Waals surface area contributed by atoms with Crippen LogP contribution in [0.15, 0.2) is 30.3 Å². The number of hydrogen-bond donors (Lipinski definition) is 0. The van der Waals surface area contributed by atoms with Crippen LogP contribution >= 0.6 is 0 Å². The minimum atomic E-state index is -0.467. The van der Waals surface area contributed by atoms with Crippen LogP contribution in [-0.4, -0.2) is 12.4 Å². The van der Waals surface area contributed by atoms with Gasteiger partial charge in [0.25, 0.3) is 0 Å². The highest BCUT2D eigenvalue weighted by molar-refractivity contribution is 5.19. The molecule has 20 heavy (non-hydrogen) atoms. The predicted octanol–water partition coefficient (Wildman–Crippen LogP) is 4.71. The molecule has 1 heterocycles. The first kappa shape index (κ1) is 14.1. The maximum absolute atomic E-state index is 6.30. The maximum Gasteiger partial charge on any atom is 0.163 e. The molecule has 1 aromatic rings. The Bertz CT molecular complexity index is 420. The number of ether oxygens (including phenoxy) is 2. The number of rotatable bonds is 2. The zero-order chi connectivity index (χ0) is 14.0. The summed E-state index contributed by atoms with van der Waals surface area (Å²) < 4.78 is 12.3. The second-order valence-electron chi connectivity index (χ2n) is 6.72. The third-order valence-electron chi connectivity index (χ3n) is 4.81. The minimum absolute atomic E-state index is 0.183. The van der Waals surface area contributed by atoms with Crippen molar-refractivity contribution in [2.75, 3.05) is 6.61 Å². The molecular weight excluding hydrogens is 248 g/mol. The van der Waals surface area contributed by atoms with E-state index in [4.69, 9.17) is 9.47 Å². The van der Waals surface area contributed by atoms with Crippen LogP contribution in [0.2, 0.25) is 0 Å². The summed E-state index contributed by atoms with van der Waals surface area (Å²) in [5, 5.41) is 0. The molecule has 3 rings (SSSR count). The summed E-state index contributed by atoms with van der Waals surface area (Å²) in [5.74, 6) is 0.793. The topological polar surface area (TPSA) is 18.5 Å². The summed E-state index contributed by atoms with van der Waals surface area (Å²) in [4.78, 5) is 0. The lowest BCUT2D eigenvalue weighted by atomic mass is 9.76. The van der Waals surface area contributed by atoms with Gasteiger partial charge >= 0.3 is 0 Å². The summed E-state index contributed by atoms with van der Waals surface area (Å²) in [6, 6.07) is 10.7. The van der Waals surface area contributed by atoms with Gasteiger partial charge in [-0.05, 0) is 38.2 Å². The second kappa shape index (κ2) is 5.87. The summed E-state index contributed by atoms with van der Waals surface area (Å²) in [5.41, 5.74) is 1.31. The summed E-state index contributed by atoms with van der Waals surface area (Å²) >= 11 is 0. The van der Waals surface area contributed by atoms with Gasteiger partial charge in [0, 0.05) is 5.92 Å². The van der Waals surface area contributed by atoms with E-state index in [9.17, 15) is 0 Å². The Labute approximate surface area is 122 Å². The predicted molar refractivity (Wildman–Crippen MR) is 80.4 cm³/mol. The van der Waals surface area contributed by atoms with Crippen molar-refractivity contribution >= 4 is 0 Å². The molecular formula is C18H26O2. The van der Waals surface area contributed by atoms with Crippen LogP contribution < -0.4 is 0 Å². The fourth-order valence-corrected chi connectivity index (χ4v) is 3.72. The van der Waals surface area contributed by atoms with Gasteiger partial charge in [0.05, 0.1) is 12.7 Å². The molecule has 110 valence electrons. The molecule has 1 aromatic carbocycles. The van der Waals surface area contributed by atoms with Crippen LogP contribution in [-0.2, 0) is 9.47 Å². The minimum Gasteiger partial charge on any atom is -0.350 e. The van der Waals surface area contributed by atoms with E-state index in [1.165, 1.54) is 37.7 Å². The van der Waals surface area contributed by atoms with Crippen LogP contribution in [0.25, 0.3) is 0 Å². The van der Waals surface area contributed by atoms with Gasteiger partial charge in [-0.1, -0.05) is 49.6 Å².